The van der Waals surface area contributed by atoms with Crippen molar-refractivity contribution in [2.24, 2.45) is 45.8 Å². The summed E-state index contributed by atoms with van der Waals surface area (Å²) < 4.78 is 0. The smallest absolute Gasteiger partial charge is 0.139 e. The van der Waals surface area contributed by atoms with Crippen LogP contribution >= 0.6 is 0 Å². The third-order valence-electron chi connectivity index (χ3n) is 8.90. The molecule has 23 heavy (non-hydrogen) atoms. The maximum atomic E-state index is 13.1. The molecule has 2 unspecified atom stereocenters. The standard InChI is InChI=1S/C22H36O/c1-14-10-15-6-7-16-17(22(15,5)19(23)11-14)8-9-21(4)13-20(2,3)12-18(16)21/h14-18H,6-13H2,1-5H3/t14?,15?,16-,17-,18+,21-,22+/m1/s1. The largest absolute Gasteiger partial charge is 0.299 e. The Kier molecular flexibility index (Phi) is 3.41. The van der Waals surface area contributed by atoms with Crippen LogP contribution in [0.1, 0.15) is 86.0 Å². The van der Waals surface area contributed by atoms with Crippen molar-refractivity contribution in [2.45, 2.75) is 86.0 Å². The minimum atomic E-state index is 0.0174. The maximum absolute atomic E-state index is 13.1. The molecule has 1 heteroatoms. The van der Waals surface area contributed by atoms with Gasteiger partial charge < -0.3 is 0 Å². The number of rotatable bonds is 0. The van der Waals surface area contributed by atoms with Gasteiger partial charge in [-0.05, 0) is 85.4 Å². The monoisotopic (exact) mass is 316 g/mol. The summed E-state index contributed by atoms with van der Waals surface area (Å²) in [7, 11) is 0. The van der Waals surface area contributed by atoms with E-state index in [1.54, 1.807) is 0 Å². The second-order valence-electron chi connectivity index (χ2n) is 11.1. The van der Waals surface area contributed by atoms with E-state index < -0.39 is 0 Å². The van der Waals surface area contributed by atoms with Crippen molar-refractivity contribution in [3.63, 3.8) is 0 Å². The molecule has 0 aromatic rings. The second-order valence-corrected chi connectivity index (χ2v) is 11.1. The lowest BCUT2D eigenvalue weighted by molar-refractivity contribution is -0.157. The molecule has 0 amide bonds. The van der Waals surface area contributed by atoms with Crippen LogP contribution in [0.25, 0.3) is 0 Å². The summed E-state index contributed by atoms with van der Waals surface area (Å²) in [6.45, 7) is 12.2. The van der Waals surface area contributed by atoms with Crippen molar-refractivity contribution in [1.82, 2.24) is 0 Å². The zero-order valence-corrected chi connectivity index (χ0v) is 16.0. The van der Waals surface area contributed by atoms with Gasteiger partial charge in [-0.25, -0.2) is 0 Å². The van der Waals surface area contributed by atoms with E-state index in [9.17, 15) is 4.79 Å². The number of ketones is 1. The molecule has 0 aromatic heterocycles. The van der Waals surface area contributed by atoms with Crippen molar-refractivity contribution < 1.29 is 4.79 Å². The van der Waals surface area contributed by atoms with Gasteiger partial charge in [-0.1, -0.05) is 34.6 Å². The first-order chi connectivity index (χ1) is 10.7. The van der Waals surface area contributed by atoms with Crippen LogP contribution in [0.3, 0.4) is 0 Å². The Bertz CT molecular complexity index is 520. The summed E-state index contributed by atoms with van der Waals surface area (Å²) in [5, 5.41) is 0. The third-order valence-corrected chi connectivity index (χ3v) is 8.90. The molecule has 4 fully saturated rings. The Morgan fingerprint density at radius 1 is 1.00 bits per heavy atom. The second kappa shape index (κ2) is 4.85. The van der Waals surface area contributed by atoms with Crippen LogP contribution in [-0.4, -0.2) is 5.78 Å². The zero-order chi connectivity index (χ0) is 16.6. The molecule has 4 saturated carbocycles. The molecule has 0 N–H and O–H groups in total. The normalized spacial score (nSPS) is 55.0. The van der Waals surface area contributed by atoms with E-state index in [-0.39, 0.29) is 5.41 Å². The summed E-state index contributed by atoms with van der Waals surface area (Å²) >= 11 is 0. The number of carbonyl (C=O) groups excluding carboxylic acids is 1. The minimum Gasteiger partial charge on any atom is -0.299 e. The lowest BCUT2D eigenvalue weighted by atomic mass is 9.44. The lowest BCUT2D eigenvalue weighted by Gasteiger charge is -2.59. The predicted octanol–water partition coefficient (Wildman–Crippen LogP) is 5.87. The van der Waals surface area contributed by atoms with Crippen LogP contribution in [0.4, 0.5) is 0 Å². The number of hydrogen-bond acceptors (Lipinski definition) is 1. The van der Waals surface area contributed by atoms with Gasteiger partial charge in [0.25, 0.3) is 0 Å². The molecular formula is C22H36O. The van der Waals surface area contributed by atoms with Crippen molar-refractivity contribution in [3.8, 4) is 0 Å². The van der Waals surface area contributed by atoms with Gasteiger partial charge in [0.05, 0.1) is 0 Å². The molecule has 4 aliphatic rings. The number of fused-ring (bicyclic) bond motifs is 5. The highest BCUT2D eigenvalue weighted by atomic mass is 16.1. The first-order valence-corrected chi connectivity index (χ1v) is 10.2. The van der Waals surface area contributed by atoms with E-state index in [0.717, 1.165) is 18.3 Å². The highest BCUT2D eigenvalue weighted by Crippen LogP contribution is 2.68. The number of carbonyl (C=O) groups is 1. The van der Waals surface area contributed by atoms with E-state index in [1.807, 2.05) is 0 Å². The fourth-order valence-corrected chi connectivity index (χ4v) is 8.11. The van der Waals surface area contributed by atoms with Crippen LogP contribution < -0.4 is 0 Å². The molecule has 0 aliphatic heterocycles. The minimum absolute atomic E-state index is 0.0174. The Balaban J connectivity index is 1.67. The molecular weight excluding hydrogens is 280 g/mol. The van der Waals surface area contributed by atoms with Crippen LogP contribution in [0.15, 0.2) is 0 Å². The van der Waals surface area contributed by atoms with Crippen molar-refractivity contribution in [3.05, 3.63) is 0 Å². The summed E-state index contributed by atoms with van der Waals surface area (Å²) in [5.74, 6) is 4.32. The quantitative estimate of drug-likeness (QED) is 0.546. The average molecular weight is 317 g/mol. The van der Waals surface area contributed by atoms with Crippen LogP contribution in [0.2, 0.25) is 0 Å². The van der Waals surface area contributed by atoms with Gasteiger partial charge >= 0.3 is 0 Å². The molecule has 0 bridgehead atoms. The first kappa shape index (κ1) is 16.2. The molecule has 1 nitrogen and oxygen atoms in total. The Labute approximate surface area is 143 Å². The van der Waals surface area contributed by atoms with E-state index in [4.69, 9.17) is 0 Å². The summed E-state index contributed by atoms with van der Waals surface area (Å²) in [6.07, 6.45) is 10.4. The molecule has 0 saturated heterocycles. The van der Waals surface area contributed by atoms with Gasteiger partial charge in [-0.2, -0.15) is 0 Å². The highest BCUT2D eigenvalue weighted by Gasteiger charge is 2.62. The van der Waals surface area contributed by atoms with Crippen molar-refractivity contribution in [1.29, 1.82) is 0 Å². The van der Waals surface area contributed by atoms with Gasteiger partial charge in [0.1, 0.15) is 5.78 Å². The van der Waals surface area contributed by atoms with E-state index in [1.165, 1.54) is 44.9 Å². The Morgan fingerprint density at radius 2 is 1.74 bits per heavy atom. The van der Waals surface area contributed by atoms with E-state index in [0.29, 0.717) is 34.4 Å². The van der Waals surface area contributed by atoms with Crippen LogP contribution in [-0.2, 0) is 4.79 Å². The Morgan fingerprint density at radius 3 is 2.48 bits per heavy atom. The maximum Gasteiger partial charge on any atom is 0.139 e. The average Bonchev–Trinajstić information content (AvgIpc) is 2.69. The fourth-order valence-electron chi connectivity index (χ4n) is 8.11. The Hall–Kier alpha value is -0.330. The van der Waals surface area contributed by atoms with Gasteiger partial charge in [0.15, 0.2) is 0 Å². The first-order valence-electron chi connectivity index (χ1n) is 10.2. The molecule has 0 aromatic carbocycles. The van der Waals surface area contributed by atoms with E-state index in [2.05, 4.69) is 34.6 Å². The molecule has 7 atom stereocenters. The zero-order valence-electron chi connectivity index (χ0n) is 16.0. The SMILES string of the molecule is CC1CC(=O)[C@@]2(C)C(CC[C@@H]3[C@H]2CC[C@]2(C)CC(C)(C)C[C@@H]32)C1. The van der Waals surface area contributed by atoms with Gasteiger partial charge in [0.2, 0.25) is 0 Å². The van der Waals surface area contributed by atoms with Gasteiger partial charge in [-0.3, -0.25) is 4.79 Å². The van der Waals surface area contributed by atoms with E-state index >= 15 is 0 Å². The molecule has 0 heterocycles. The van der Waals surface area contributed by atoms with Crippen LogP contribution in [0, 0.1) is 45.8 Å². The highest BCUT2D eigenvalue weighted by molar-refractivity contribution is 5.86. The summed E-state index contributed by atoms with van der Waals surface area (Å²) in [6, 6.07) is 0. The lowest BCUT2D eigenvalue weighted by Crippen LogP contribution is -2.56. The van der Waals surface area contributed by atoms with Gasteiger partial charge in [-0.15, -0.1) is 0 Å². The molecule has 0 spiro atoms. The number of hydrogen-bond donors (Lipinski definition) is 0. The fraction of sp³-hybridized carbons (Fsp3) is 0.955. The summed E-state index contributed by atoms with van der Waals surface area (Å²) in [5.41, 5.74) is 1.08. The molecule has 4 aliphatic carbocycles. The third kappa shape index (κ3) is 2.20. The van der Waals surface area contributed by atoms with Gasteiger partial charge in [0, 0.05) is 11.8 Å². The molecule has 4 rings (SSSR count). The van der Waals surface area contributed by atoms with Crippen molar-refractivity contribution in [2.75, 3.05) is 0 Å². The van der Waals surface area contributed by atoms with Crippen molar-refractivity contribution >= 4 is 5.78 Å². The number of Topliss-reactive ketones (excluding diaryl/α,β-unsaturated/α-hetero) is 1. The summed E-state index contributed by atoms with van der Waals surface area (Å²) in [4.78, 5) is 13.1. The molecule has 130 valence electrons. The topological polar surface area (TPSA) is 17.1 Å². The molecule has 0 radical (unpaired) electrons. The predicted molar refractivity (Wildman–Crippen MR) is 95.1 cm³/mol. The van der Waals surface area contributed by atoms with Crippen LogP contribution in [0.5, 0.6) is 0 Å².